The van der Waals surface area contributed by atoms with E-state index in [1.807, 2.05) is 6.92 Å². The van der Waals surface area contributed by atoms with E-state index in [2.05, 4.69) is 10.1 Å². The van der Waals surface area contributed by atoms with Gasteiger partial charge in [-0.1, -0.05) is 13.0 Å². The molecule has 0 bridgehead atoms. The second-order valence-corrected chi connectivity index (χ2v) is 6.42. The Kier molecular flexibility index (Phi) is 3.95. The number of hydrogen-bond acceptors (Lipinski definition) is 4. The molecule has 1 fully saturated rings. The average Bonchev–Trinajstić information content (AvgIpc) is 2.94. The molecule has 1 aliphatic rings. The van der Waals surface area contributed by atoms with Gasteiger partial charge in [0.25, 0.3) is 0 Å². The smallest absolute Gasteiger partial charge is 0.137 e. The van der Waals surface area contributed by atoms with E-state index in [0.29, 0.717) is 18.7 Å². The second kappa shape index (κ2) is 5.73. The highest BCUT2D eigenvalue weighted by molar-refractivity contribution is 8.00. The van der Waals surface area contributed by atoms with Crippen molar-refractivity contribution in [2.24, 2.45) is 0 Å². The van der Waals surface area contributed by atoms with Gasteiger partial charge < -0.3 is 4.74 Å². The Morgan fingerprint density at radius 3 is 3.00 bits per heavy atom. The third-order valence-corrected chi connectivity index (χ3v) is 5.00. The number of hydrogen-bond donors (Lipinski definition) is 0. The summed E-state index contributed by atoms with van der Waals surface area (Å²) in [7, 11) is 0. The van der Waals surface area contributed by atoms with Gasteiger partial charge in [0.1, 0.15) is 29.9 Å². The molecule has 7 heteroatoms. The average molecular weight is 311 g/mol. The molecule has 1 saturated heterocycles. The van der Waals surface area contributed by atoms with Crippen molar-refractivity contribution in [1.29, 1.82) is 0 Å². The van der Waals surface area contributed by atoms with Gasteiger partial charge in [-0.15, -0.1) is 0 Å². The van der Waals surface area contributed by atoms with Crippen LogP contribution in [-0.4, -0.2) is 32.4 Å². The monoisotopic (exact) mass is 311 g/mol. The zero-order valence-electron chi connectivity index (χ0n) is 11.5. The zero-order valence-corrected chi connectivity index (χ0v) is 12.3. The minimum atomic E-state index is -0.881. The molecule has 0 N–H and O–H groups in total. The Balaban J connectivity index is 2.06. The van der Waals surface area contributed by atoms with E-state index >= 15 is 0 Å². The third-order valence-electron chi connectivity index (χ3n) is 3.72. The molecule has 0 amide bonds. The molecule has 112 valence electrons. The van der Waals surface area contributed by atoms with Crippen molar-refractivity contribution in [3.05, 3.63) is 48.1 Å². The van der Waals surface area contributed by atoms with Gasteiger partial charge in [0.15, 0.2) is 0 Å². The molecule has 2 aromatic rings. The van der Waals surface area contributed by atoms with Crippen LogP contribution < -0.4 is 0 Å². The van der Waals surface area contributed by atoms with Crippen molar-refractivity contribution in [2.75, 3.05) is 12.4 Å². The quantitative estimate of drug-likeness (QED) is 0.873. The van der Waals surface area contributed by atoms with Crippen molar-refractivity contribution >= 4 is 11.8 Å². The summed E-state index contributed by atoms with van der Waals surface area (Å²) in [4.78, 5) is 3.91. The van der Waals surface area contributed by atoms with Crippen LogP contribution in [0.3, 0.4) is 0 Å². The van der Waals surface area contributed by atoms with Crippen LogP contribution in [0.15, 0.2) is 30.9 Å². The number of aromatic nitrogens is 3. The van der Waals surface area contributed by atoms with Gasteiger partial charge in [-0.2, -0.15) is 16.9 Å². The molecule has 1 unspecified atom stereocenters. The summed E-state index contributed by atoms with van der Waals surface area (Å²) in [6.07, 6.45) is 2.99. The third kappa shape index (κ3) is 2.67. The van der Waals surface area contributed by atoms with Crippen LogP contribution in [0.4, 0.5) is 8.78 Å². The Morgan fingerprint density at radius 1 is 1.48 bits per heavy atom. The maximum Gasteiger partial charge on any atom is 0.137 e. The first-order valence-corrected chi connectivity index (χ1v) is 7.70. The minimum absolute atomic E-state index is 0.00964. The highest BCUT2D eigenvalue weighted by Gasteiger charge is 2.44. The summed E-state index contributed by atoms with van der Waals surface area (Å²) >= 11 is 1.71. The summed E-state index contributed by atoms with van der Waals surface area (Å²) in [6.45, 7) is 2.84. The van der Waals surface area contributed by atoms with E-state index in [4.69, 9.17) is 4.74 Å². The van der Waals surface area contributed by atoms with E-state index in [1.165, 1.54) is 18.5 Å². The molecule has 3 rings (SSSR count). The predicted octanol–water partition coefficient (Wildman–Crippen LogP) is 2.60. The van der Waals surface area contributed by atoms with Gasteiger partial charge in [-0.25, -0.2) is 18.4 Å². The summed E-state index contributed by atoms with van der Waals surface area (Å²) in [5.41, 5.74) is -0.520. The zero-order chi connectivity index (χ0) is 14.9. The molecule has 0 radical (unpaired) electrons. The molecule has 1 aromatic carbocycles. The van der Waals surface area contributed by atoms with Crippen molar-refractivity contribution in [1.82, 2.24) is 14.8 Å². The molecule has 0 aliphatic carbocycles. The lowest BCUT2D eigenvalue weighted by atomic mass is 9.89. The van der Waals surface area contributed by atoms with Crippen molar-refractivity contribution in [3.8, 4) is 0 Å². The second-order valence-electron chi connectivity index (χ2n) is 4.97. The summed E-state index contributed by atoms with van der Waals surface area (Å²) in [6, 6.07) is 3.62. The van der Waals surface area contributed by atoms with Crippen LogP contribution in [-0.2, 0) is 16.9 Å². The lowest BCUT2D eigenvalue weighted by Gasteiger charge is -2.42. The van der Waals surface area contributed by atoms with Gasteiger partial charge in [0, 0.05) is 22.6 Å². The van der Waals surface area contributed by atoms with Crippen molar-refractivity contribution < 1.29 is 13.5 Å². The number of thioether (sulfide) groups is 1. The Labute approximate surface area is 125 Å². The van der Waals surface area contributed by atoms with Gasteiger partial charge in [0.05, 0.1) is 13.2 Å². The van der Waals surface area contributed by atoms with Crippen LogP contribution >= 0.6 is 11.8 Å². The SMILES string of the molecule is C[C@H]1SCCOC1(Cn1cncn1)c1ccc(F)cc1F. The van der Waals surface area contributed by atoms with E-state index in [-0.39, 0.29) is 5.25 Å². The first-order chi connectivity index (χ1) is 10.1. The lowest BCUT2D eigenvalue weighted by Crippen LogP contribution is -2.47. The van der Waals surface area contributed by atoms with E-state index in [0.717, 1.165) is 11.8 Å². The molecule has 0 spiro atoms. The summed E-state index contributed by atoms with van der Waals surface area (Å²) in [5.74, 6) is -0.337. The number of nitrogens with zero attached hydrogens (tertiary/aromatic N) is 3. The van der Waals surface area contributed by atoms with Crippen LogP contribution in [0.2, 0.25) is 0 Å². The number of benzene rings is 1. The Hall–Kier alpha value is -1.47. The number of rotatable bonds is 3. The fourth-order valence-corrected chi connectivity index (χ4v) is 3.72. The molecule has 21 heavy (non-hydrogen) atoms. The molecule has 4 nitrogen and oxygen atoms in total. The van der Waals surface area contributed by atoms with Gasteiger partial charge in [-0.05, 0) is 6.07 Å². The largest absolute Gasteiger partial charge is 0.366 e. The molecule has 0 saturated carbocycles. The molecule has 2 heterocycles. The predicted molar refractivity (Wildman–Crippen MR) is 75.9 cm³/mol. The molecular formula is C14H15F2N3OS. The normalized spacial score (nSPS) is 26.0. The minimum Gasteiger partial charge on any atom is -0.366 e. The molecule has 1 aromatic heterocycles. The summed E-state index contributed by atoms with van der Waals surface area (Å²) < 4.78 is 35.1. The molecule has 2 atom stereocenters. The highest BCUT2D eigenvalue weighted by atomic mass is 32.2. The highest BCUT2D eigenvalue weighted by Crippen LogP contribution is 2.42. The summed E-state index contributed by atoms with van der Waals surface area (Å²) in [5, 5.41) is 4.09. The maximum absolute atomic E-state index is 14.3. The fourth-order valence-electron chi connectivity index (χ4n) is 2.64. The topological polar surface area (TPSA) is 39.9 Å². The maximum atomic E-state index is 14.3. The van der Waals surface area contributed by atoms with Crippen molar-refractivity contribution in [2.45, 2.75) is 24.3 Å². The van der Waals surface area contributed by atoms with Crippen LogP contribution in [0.25, 0.3) is 0 Å². The van der Waals surface area contributed by atoms with Crippen LogP contribution in [0, 0.1) is 11.6 Å². The van der Waals surface area contributed by atoms with E-state index in [9.17, 15) is 8.78 Å². The fraction of sp³-hybridized carbons (Fsp3) is 0.429. The van der Waals surface area contributed by atoms with E-state index in [1.54, 1.807) is 22.8 Å². The Bertz CT molecular complexity index is 623. The van der Waals surface area contributed by atoms with E-state index < -0.39 is 17.2 Å². The van der Waals surface area contributed by atoms with Gasteiger partial charge >= 0.3 is 0 Å². The molecular weight excluding hydrogens is 296 g/mol. The first kappa shape index (κ1) is 14.5. The number of ether oxygens (including phenoxy) is 1. The first-order valence-electron chi connectivity index (χ1n) is 6.65. The molecule has 1 aliphatic heterocycles. The Morgan fingerprint density at radius 2 is 2.33 bits per heavy atom. The van der Waals surface area contributed by atoms with Crippen LogP contribution in [0.1, 0.15) is 12.5 Å². The van der Waals surface area contributed by atoms with Gasteiger partial charge in [-0.3, -0.25) is 0 Å². The van der Waals surface area contributed by atoms with Gasteiger partial charge in [0.2, 0.25) is 0 Å². The lowest BCUT2D eigenvalue weighted by molar-refractivity contribution is -0.0649. The standard InChI is InChI=1S/C14H15F2N3OS/c1-10-14(20-4-5-21-10,7-19-9-17-8-18-19)12-3-2-11(15)6-13(12)16/h2-3,6,8-10H,4-5,7H2,1H3/t10-,14?/m1/s1. The number of halogens is 2. The van der Waals surface area contributed by atoms with Crippen molar-refractivity contribution in [3.63, 3.8) is 0 Å². The van der Waals surface area contributed by atoms with Crippen LogP contribution in [0.5, 0.6) is 0 Å².